The highest BCUT2D eigenvalue weighted by atomic mass is 79.9. The molecule has 0 saturated carbocycles. The van der Waals surface area contributed by atoms with E-state index in [9.17, 15) is 4.39 Å². The zero-order chi connectivity index (χ0) is 12.3. The van der Waals surface area contributed by atoms with E-state index in [2.05, 4.69) is 20.8 Å². The lowest BCUT2D eigenvalue weighted by molar-refractivity contribution is 0.0177. The Balaban J connectivity index is 2.24. The van der Waals surface area contributed by atoms with Crippen LogP contribution in [0.5, 0.6) is 0 Å². The van der Waals surface area contributed by atoms with Crippen molar-refractivity contribution in [1.29, 1.82) is 0 Å². The van der Waals surface area contributed by atoms with Crippen LogP contribution in [0.2, 0.25) is 0 Å². The summed E-state index contributed by atoms with van der Waals surface area (Å²) in [5, 5.41) is 0. The van der Waals surface area contributed by atoms with Crippen molar-refractivity contribution in [3.63, 3.8) is 0 Å². The summed E-state index contributed by atoms with van der Waals surface area (Å²) in [7, 11) is 0. The van der Waals surface area contributed by atoms with Crippen molar-refractivity contribution < 1.29 is 9.13 Å². The van der Waals surface area contributed by atoms with Crippen LogP contribution in [-0.2, 0) is 4.74 Å². The molecule has 1 aliphatic heterocycles. The lowest BCUT2D eigenvalue weighted by Crippen LogP contribution is -2.42. The number of hydrogen-bond donors (Lipinski definition) is 1. The third-order valence-corrected chi connectivity index (χ3v) is 3.75. The van der Waals surface area contributed by atoms with E-state index < -0.39 is 0 Å². The molecule has 0 radical (unpaired) electrons. The van der Waals surface area contributed by atoms with Gasteiger partial charge in [-0.3, -0.25) is 4.90 Å². The molecule has 0 spiro atoms. The van der Waals surface area contributed by atoms with Gasteiger partial charge in [-0.25, -0.2) is 4.39 Å². The van der Waals surface area contributed by atoms with Gasteiger partial charge in [-0.1, -0.05) is 15.9 Å². The first kappa shape index (κ1) is 13.0. The van der Waals surface area contributed by atoms with Crippen LogP contribution in [0.4, 0.5) is 4.39 Å². The largest absolute Gasteiger partial charge is 0.379 e. The van der Waals surface area contributed by atoms with Crippen molar-refractivity contribution in [3.05, 3.63) is 34.1 Å². The van der Waals surface area contributed by atoms with Crippen LogP contribution in [0.15, 0.2) is 22.7 Å². The van der Waals surface area contributed by atoms with Crippen molar-refractivity contribution in [2.24, 2.45) is 5.73 Å². The maximum atomic E-state index is 13.3. The molecule has 94 valence electrons. The molecule has 1 aliphatic rings. The van der Waals surface area contributed by atoms with Crippen molar-refractivity contribution in [1.82, 2.24) is 4.90 Å². The fourth-order valence-corrected chi connectivity index (χ4v) is 2.64. The highest BCUT2D eigenvalue weighted by molar-refractivity contribution is 9.10. The van der Waals surface area contributed by atoms with E-state index in [-0.39, 0.29) is 11.9 Å². The first-order valence-electron chi connectivity index (χ1n) is 5.69. The molecule has 1 saturated heterocycles. The number of morpholine rings is 1. The van der Waals surface area contributed by atoms with E-state index in [0.717, 1.165) is 23.1 Å². The first-order chi connectivity index (χ1) is 8.22. The average Bonchev–Trinajstić information content (AvgIpc) is 2.36. The van der Waals surface area contributed by atoms with Crippen molar-refractivity contribution in [2.75, 3.05) is 32.8 Å². The Morgan fingerprint density at radius 3 is 2.76 bits per heavy atom. The minimum absolute atomic E-state index is 0.0453. The average molecular weight is 303 g/mol. The maximum Gasteiger partial charge on any atom is 0.123 e. The van der Waals surface area contributed by atoms with E-state index in [1.54, 1.807) is 12.1 Å². The Morgan fingerprint density at radius 2 is 2.12 bits per heavy atom. The van der Waals surface area contributed by atoms with E-state index in [4.69, 9.17) is 10.5 Å². The van der Waals surface area contributed by atoms with Gasteiger partial charge in [-0.15, -0.1) is 0 Å². The van der Waals surface area contributed by atoms with Gasteiger partial charge in [0.2, 0.25) is 0 Å². The number of ether oxygens (including phenoxy) is 1. The van der Waals surface area contributed by atoms with E-state index in [0.29, 0.717) is 19.8 Å². The van der Waals surface area contributed by atoms with Crippen LogP contribution in [0, 0.1) is 5.82 Å². The number of nitrogens with zero attached hydrogens (tertiary/aromatic N) is 1. The summed E-state index contributed by atoms with van der Waals surface area (Å²) in [6.07, 6.45) is 0. The summed E-state index contributed by atoms with van der Waals surface area (Å²) in [6, 6.07) is 4.77. The Morgan fingerprint density at radius 1 is 1.41 bits per heavy atom. The predicted molar refractivity (Wildman–Crippen MR) is 68.3 cm³/mol. The molecule has 2 N–H and O–H groups in total. The van der Waals surface area contributed by atoms with Gasteiger partial charge in [0.1, 0.15) is 5.82 Å². The van der Waals surface area contributed by atoms with Crippen molar-refractivity contribution in [2.45, 2.75) is 6.04 Å². The van der Waals surface area contributed by atoms with Crippen LogP contribution in [0.25, 0.3) is 0 Å². The minimum Gasteiger partial charge on any atom is -0.379 e. The summed E-state index contributed by atoms with van der Waals surface area (Å²) >= 11 is 3.46. The highest BCUT2D eigenvalue weighted by Gasteiger charge is 2.23. The van der Waals surface area contributed by atoms with Gasteiger partial charge in [0.05, 0.1) is 13.2 Å². The second-order valence-electron chi connectivity index (χ2n) is 4.07. The molecular formula is C12H16BrFN2O. The number of hydrogen-bond acceptors (Lipinski definition) is 3. The van der Waals surface area contributed by atoms with E-state index in [1.165, 1.54) is 6.07 Å². The first-order valence-corrected chi connectivity index (χ1v) is 6.48. The lowest BCUT2D eigenvalue weighted by Gasteiger charge is -2.34. The Bertz CT molecular complexity index is 383. The SMILES string of the molecule is NCC(c1cc(F)ccc1Br)N1CCOCC1. The predicted octanol–water partition coefficient (Wildman–Crippen LogP) is 1.92. The Hall–Kier alpha value is -0.490. The molecule has 1 aromatic carbocycles. The monoisotopic (exact) mass is 302 g/mol. The summed E-state index contributed by atoms with van der Waals surface area (Å²) < 4.78 is 19.5. The summed E-state index contributed by atoms with van der Waals surface area (Å²) in [5.74, 6) is -0.227. The fourth-order valence-electron chi connectivity index (χ4n) is 2.13. The normalized spacial score (nSPS) is 19.2. The third-order valence-electron chi connectivity index (χ3n) is 3.03. The zero-order valence-corrected chi connectivity index (χ0v) is 11.1. The fraction of sp³-hybridized carbons (Fsp3) is 0.500. The van der Waals surface area contributed by atoms with Crippen LogP contribution >= 0.6 is 15.9 Å². The number of nitrogens with two attached hydrogens (primary N) is 1. The van der Waals surface area contributed by atoms with Gasteiger partial charge in [0, 0.05) is 30.1 Å². The molecule has 2 rings (SSSR count). The van der Waals surface area contributed by atoms with Gasteiger partial charge in [0.15, 0.2) is 0 Å². The molecule has 0 aromatic heterocycles. The van der Waals surface area contributed by atoms with Gasteiger partial charge < -0.3 is 10.5 Å². The van der Waals surface area contributed by atoms with Gasteiger partial charge in [0.25, 0.3) is 0 Å². The maximum absolute atomic E-state index is 13.3. The topological polar surface area (TPSA) is 38.5 Å². The van der Waals surface area contributed by atoms with Crippen LogP contribution in [-0.4, -0.2) is 37.7 Å². The molecule has 1 heterocycles. The Labute approximate surface area is 109 Å². The summed E-state index contributed by atoms with van der Waals surface area (Å²) in [4.78, 5) is 2.24. The molecular weight excluding hydrogens is 287 g/mol. The van der Waals surface area contributed by atoms with Crippen molar-refractivity contribution >= 4 is 15.9 Å². The van der Waals surface area contributed by atoms with Crippen LogP contribution in [0.3, 0.4) is 0 Å². The molecule has 5 heteroatoms. The number of halogens is 2. The van der Waals surface area contributed by atoms with Gasteiger partial charge >= 0.3 is 0 Å². The molecule has 17 heavy (non-hydrogen) atoms. The second-order valence-corrected chi connectivity index (χ2v) is 4.92. The molecule has 1 fully saturated rings. The second kappa shape index (κ2) is 5.91. The molecule has 1 atom stereocenters. The zero-order valence-electron chi connectivity index (χ0n) is 9.53. The minimum atomic E-state index is -0.227. The van der Waals surface area contributed by atoms with E-state index >= 15 is 0 Å². The summed E-state index contributed by atoms with van der Waals surface area (Å²) in [5.41, 5.74) is 6.74. The molecule has 0 amide bonds. The molecule has 1 unspecified atom stereocenters. The quantitative estimate of drug-likeness (QED) is 0.927. The lowest BCUT2D eigenvalue weighted by atomic mass is 10.0. The highest BCUT2D eigenvalue weighted by Crippen LogP contribution is 2.28. The van der Waals surface area contributed by atoms with Crippen molar-refractivity contribution in [3.8, 4) is 0 Å². The van der Waals surface area contributed by atoms with Crippen LogP contribution in [0.1, 0.15) is 11.6 Å². The van der Waals surface area contributed by atoms with Gasteiger partial charge in [-0.2, -0.15) is 0 Å². The molecule has 0 aliphatic carbocycles. The number of rotatable bonds is 3. The Kier molecular flexibility index (Phi) is 4.50. The van der Waals surface area contributed by atoms with E-state index in [1.807, 2.05) is 0 Å². The van der Waals surface area contributed by atoms with Gasteiger partial charge in [-0.05, 0) is 23.8 Å². The molecule has 3 nitrogen and oxygen atoms in total. The number of benzene rings is 1. The third kappa shape index (κ3) is 3.04. The molecule has 0 bridgehead atoms. The standard InChI is InChI=1S/C12H16BrFN2O/c13-11-2-1-9(14)7-10(11)12(8-15)16-3-5-17-6-4-16/h1-2,7,12H,3-6,8,15H2. The molecule has 1 aromatic rings. The smallest absolute Gasteiger partial charge is 0.123 e. The van der Waals surface area contributed by atoms with Crippen LogP contribution < -0.4 is 5.73 Å². The summed E-state index contributed by atoms with van der Waals surface area (Å²) in [6.45, 7) is 3.57.